The van der Waals surface area contributed by atoms with Gasteiger partial charge >= 0.3 is 11.5 Å². The Kier molecular flexibility index (Phi) is 4.40. The van der Waals surface area contributed by atoms with Gasteiger partial charge in [0.1, 0.15) is 22.4 Å². The number of hydrogen-bond acceptors (Lipinski definition) is 8. The van der Waals surface area contributed by atoms with Crippen LogP contribution in [-0.4, -0.2) is 22.1 Å². The van der Waals surface area contributed by atoms with Crippen molar-refractivity contribution in [1.29, 1.82) is 0 Å². The summed E-state index contributed by atoms with van der Waals surface area (Å²) in [6, 6.07) is 6.58. The minimum atomic E-state index is -0.675. The van der Waals surface area contributed by atoms with Crippen molar-refractivity contribution in [3.05, 3.63) is 56.5 Å². The number of aromatic amines is 2. The Hall–Kier alpha value is -4.26. The van der Waals surface area contributed by atoms with Crippen molar-refractivity contribution in [2.45, 2.75) is 19.3 Å². The van der Waals surface area contributed by atoms with E-state index >= 15 is 0 Å². The Morgan fingerprint density at radius 3 is 1.69 bits per heavy atom. The van der Waals surface area contributed by atoms with Crippen molar-refractivity contribution in [3.63, 3.8) is 0 Å². The molecule has 0 atom stereocenters. The zero-order chi connectivity index (χ0) is 20.5. The van der Waals surface area contributed by atoms with Crippen molar-refractivity contribution in [2.75, 3.05) is 0 Å². The van der Waals surface area contributed by atoms with Crippen LogP contribution >= 0.6 is 0 Å². The van der Waals surface area contributed by atoms with Crippen molar-refractivity contribution >= 4 is 45.7 Å². The van der Waals surface area contributed by atoms with Crippen molar-refractivity contribution in [1.82, 2.24) is 9.97 Å². The Morgan fingerprint density at radius 2 is 1.31 bits per heavy atom. The van der Waals surface area contributed by atoms with E-state index in [4.69, 9.17) is 8.83 Å². The fourth-order valence-electron chi connectivity index (χ4n) is 3.45. The van der Waals surface area contributed by atoms with Gasteiger partial charge in [-0.2, -0.15) is 9.98 Å². The summed E-state index contributed by atoms with van der Waals surface area (Å²) in [5, 5.41) is 0. The minimum absolute atomic E-state index is 0.206. The lowest BCUT2D eigenvalue weighted by Crippen LogP contribution is -2.00. The maximum absolute atomic E-state index is 11.6. The van der Waals surface area contributed by atoms with E-state index < -0.39 is 11.5 Å². The molecule has 0 bridgehead atoms. The first kappa shape index (κ1) is 18.1. The highest BCUT2D eigenvalue weighted by Crippen LogP contribution is 2.37. The molecule has 0 saturated carbocycles. The number of nitrogens with zero attached hydrogens (tertiary/aromatic N) is 2. The van der Waals surface area contributed by atoms with Crippen LogP contribution in [0.1, 0.15) is 30.4 Å². The summed E-state index contributed by atoms with van der Waals surface area (Å²) in [6.07, 6.45) is 3.52. The number of H-pyrrole nitrogens is 2. The molecule has 10 heteroatoms. The Bertz CT molecular complexity index is 1350. The fraction of sp³-hybridized carbons (Fsp3) is 0.158. The van der Waals surface area contributed by atoms with Crippen LogP contribution in [-0.2, 0) is 9.59 Å². The third-order valence-electron chi connectivity index (χ3n) is 4.61. The SMILES string of the molecule is CCC(c1cc(N=C=O)c2[nH]c(=O)oc2c1)c1cc(N=C=O)c2[nH]c(=O)oc2c1. The highest BCUT2D eigenvalue weighted by Gasteiger charge is 2.20. The summed E-state index contributed by atoms with van der Waals surface area (Å²) in [5.74, 6) is -1.62. The molecule has 2 N–H and O–H groups in total. The molecule has 0 unspecified atom stereocenters. The summed E-state index contributed by atoms with van der Waals surface area (Å²) in [7, 11) is 0. The molecular weight excluding hydrogens is 380 g/mol. The molecule has 0 fully saturated rings. The average Bonchev–Trinajstić information content (AvgIpc) is 3.24. The summed E-state index contributed by atoms with van der Waals surface area (Å²) in [4.78, 5) is 57.0. The second-order valence-electron chi connectivity index (χ2n) is 6.22. The molecule has 0 aliphatic heterocycles. The second kappa shape index (κ2) is 7.05. The van der Waals surface area contributed by atoms with Crippen LogP contribution in [0.15, 0.2) is 52.7 Å². The van der Waals surface area contributed by atoms with E-state index in [2.05, 4.69) is 20.0 Å². The molecule has 144 valence electrons. The number of fused-ring (bicyclic) bond motifs is 2. The van der Waals surface area contributed by atoms with Crippen LogP contribution in [0.5, 0.6) is 0 Å². The first-order chi connectivity index (χ1) is 14.0. The van der Waals surface area contributed by atoms with Gasteiger partial charge < -0.3 is 8.83 Å². The fourth-order valence-corrected chi connectivity index (χ4v) is 3.45. The van der Waals surface area contributed by atoms with E-state index in [1.54, 1.807) is 24.3 Å². The lowest BCUT2D eigenvalue weighted by Gasteiger charge is -2.17. The van der Waals surface area contributed by atoms with E-state index in [9.17, 15) is 19.2 Å². The molecule has 29 heavy (non-hydrogen) atoms. The van der Waals surface area contributed by atoms with Crippen LogP contribution in [0.3, 0.4) is 0 Å². The third kappa shape index (κ3) is 3.14. The van der Waals surface area contributed by atoms with Gasteiger partial charge in [0.2, 0.25) is 12.2 Å². The average molecular weight is 392 g/mol. The number of nitrogens with one attached hydrogen (secondary N) is 2. The largest absolute Gasteiger partial charge is 0.417 e. The predicted octanol–water partition coefficient (Wildman–Crippen LogP) is 3.03. The number of isocyanates is 2. The maximum atomic E-state index is 11.6. The molecule has 4 aromatic rings. The topological polar surface area (TPSA) is 151 Å². The molecule has 0 saturated heterocycles. The number of carbonyl (C=O) groups excluding carboxylic acids is 2. The molecule has 0 aliphatic rings. The van der Waals surface area contributed by atoms with Crippen molar-refractivity contribution in [2.24, 2.45) is 9.98 Å². The van der Waals surface area contributed by atoms with Gasteiger partial charge in [0.05, 0.1) is 0 Å². The van der Waals surface area contributed by atoms with Gasteiger partial charge in [-0.15, -0.1) is 0 Å². The molecule has 2 heterocycles. The first-order valence-corrected chi connectivity index (χ1v) is 8.53. The van der Waals surface area contributed by atoms with Gasteiger partial charge in [-0.25, -0.2) is 19.2 Å². The van der Waals surface area contributed by atoms with Gasteiger partial charge in [-0.05, 0) is 41.8 Å². The number of aromatic nitrogens is 2. The van der Waals surface area contributed by atoms with Gasteiger partial charge in [0, 0.05) is 5.92 Å². The van der Waals surface area contributed by atoms with Gasteiger partial charge in [0.25, 0.3) is 0 Å². The smallest absolute Gasteiger partial charge is 0.408 e. The van der Waals surface area contributed by atoms with Crippen LogP contribution in [0.25, 0.3) is 22.2 Å². The summed E-state index contributed by atoms with van der Waals surface area (Å²) >= 11 is 0. The Labute approximate surface area is 160 Å². The second-order valence-corrected chi connectivity index (χ2v) is 6.22. The molecule has 0 spiro atoms. The highest BCUT2D eigenvalue weighted by atomic mass is 16.4. The van der Waals surface area contributed by atoms with E-state index in [0.29, 0.717) is 17.5 Å². The molecule has 0 amide bonds. The summed E-state index contributed by atoms with van der Waals surface area (Å²) in [5.41, 5.74) is 2.84. The van der Waals surface area contributed by atoms with E-state index in [-0.39, 0.29) is 39.5 Å². The summed E-state index contributed by atoms with van der Waals surface area (Å²) in [6.45, 7) is 1.92. The molecular formula is C19H12N4O6. The predicted molar refractivity (Wildman–Crippen MR) is 101 cm³/mol. The maximum Gasteiger partial charge on any atom is 0.417 e. The van der Waals surface area contributed by atoms with Crippen LogP contribution in [0.2, 0.25) is 0 Å². The van der Waals surface area contributed by atoms with Crippen LogP contribution < -0.4 is 11.5 Å². The van der Waals surface area contributed by atoms with Gasteiger partial charge in [-0.1, -0.05) is 6.92 Å². The number of oxazole rings is 2. The molecule has 4 rings (SSSR count). The van der Waals surface area contributed by atoms with Gasteiger partial charge in [-0.3, -0.25) is 9.97 Å². The summed E-state index contributed by atoms with van der Waals surface area (Å²) < 4.78 is 10.3. The van der Waals surface area contributed by atoms with E-state index in [1.165, 1.54) is 12.2 Å². The first-order valence-electron chi connectivity index (χ1n) is 8.53. The van der Waals surface area contributed by atoms with Crippen LogP contribution in [0.4, 0.5) is 11.4 Å². The highest BCUT2D eigenvalue weighted by molar-refractivity contribution is 5.88. The molecule has 0 radical (unpaired) electrons. The normalized spacial score (nSPS) is 11.9. The third-order valence-corrected chi connectivity index (χ3v) is 4.61. The number of benzene rings is 2. The number of rotatable bonds is 5. The number of hydrogen-bond donors (Lipinski definition) is 2. The van der Waals surface area contributed by atoms with Crippen LogP contribution in [0, 0.1) is 0 Å². The lowest BCUT2D eigenvalue weighted by atomic mass is 9.88. The van der Waals surface area contributed by atoms with E-state index in [0.717, 1.165) is 0 Å². The monoisotopic (exact) mass is 392 g/mol. The lowest BCUT2D eigenvalue weighted by molar-refractivity contribution is 0.554. The van der Waals surface area contributed by atoms with Gasteiger partial charge in [0.15, 0.2) is 11.2 Å². The van der Waals surface area contributed by atoms with E-state index in [1.807, 2.05) is 6.92 Å². The molecule has 10 nitrogen and oxygen atoms in total. The molecule has 0 aliphatic carbocycles. The quantitative estimate of drug-likeness (QED) is 0.393. The van der Waals surface area contributed by atoms with Crippen molar-refractivity contribution < 1.29 is 18.4 Å². The number of aliphatic imine (C=N–C) groups is 2. The molecule has 2 aromatic heterocycles. The van der Waals surface area contributed by atoms with Crippen molar-refractivity contribution in [3.8, 4) is 0 Å². The zero-order valence-electron chi connectivity index (χ0n) is 14.9. The molecule has 2 aromatic carbocycles. The Balaban J connectivity index is 1.96. The minimum Gasteiger partial charge on any atom is -0.408 e. The standard InChI is InChI=1S/C19H12N4O6/c1-2-11(9-3-12(20-7-24)16-14(5-9)28-18(26)22-16)10-4-13(21-8-25)17-15(6-10)29-19(27)23-17/h3-6,11H,2H2,1H3,(H,22,26)(H,23,27). The zero-order valence-corrected chi connectivity index (χ0v) is 14.9. The Morgan fingerprint density at radius 1 is 0.862 bits per heavy atom.